The third-order valence-electron chi connectivity index (χ3n) is 6.79. The molecule has 0 spiro atoms. The highest BCUT2D eigenvalue weighted by molar-refractivity contribution is 6.13. The average Bonchev–Trinajstić information content (AvgIpc) is 3.35. The van der Waals surface area contributed by atoms with Crippen LogP contribution in [0.25, 0.3) is 33.4 Å². The number of nitriles is 1. The minimum atomic E-state index is -0.395. The lowest BCUT2D eigenvalue weighted by molar-refractivity contribution is 0.0719. The van der Waals surface area contributed by atoms with Crippen molar-refractivity contribution in [1.29, 1.82) is 5.26 Å². The standard InChI is InChI=1S/C30H28FN5O3/c1-3-34-25-15-26-24(27(29(37)33-2)28(39-26)18-7-9-21(31)10-8-18)14-23(25)19-5-4-6-20(13-19)30(38)36-12-11-35-22(16-32)17-36/h4-10,13-15,22,34-35H,3,11-12,17H2,1-2H3,(H,33,37). The number of hydrogen-bond donors (Lipinski definition) is 3. The van der Waals surface area contributed by atoms with E-state index in [4.69, 9.17) is 4.42 Å². The predicted molar refractivity (Wildman–Crippen MR) is 148 cm³/mol. The normalized spacial score (nSPS) is 15.1. The van der Waals surface area contributed by atoms with Gasteiger partial charge in [-0.15, -0.1) is 0 Å². The number of nitrogens with one attached hydrogen (secondary N) is 3. The Bertz CT molecular complexity index is 1590. The summed E-state index contributed by atoms with van der Waals surface area (Å²) in [5.74, 6) is -0.507. The largest absolute Gasteiger partial charge is 0.455 e. The van der Waals surface area contributed by atoms with E-state index < -0.39 is 6.04 Å². The first-order chi connectivity index (χ1) is 18.9. The molecule has 4 aromatic rings. The molecule has 5 rings (SSSR count). The third kappa shape index (κ3) is 5.07. The summed E-state index contributed by atoms with van der Waals surface area (Å²) in [4.78, 5) is 28.0. The molecular weight excluding hydrogens is 497 g/mol. The van der Waals surface area contributed by atoms with Crippen LogP contribution in [0, 0.1) is 17.1 Å². The van der Waals surface area contributed by atoms with Crippen LogP contribution in [0.5, 0.6) is 0 Å². The van der Waals surface area contributed by atoms with E-state index in [1.807, 2.05) is 37.3 Å². The summed E-state index contributed by atoms with van der Waals surface area (Å²) in [6.07, 6.45) is 0. The van der Waals surface area contributed by atoms with Crippen LogP contribution in [-0.2, 0) is 0 Å². The molecule has 1 fully saturated rings. The van der Waals surface area contributed by atoms with Crippen molar-refractivity contribution in [2.75, 3.05) is 38.5 Å². The van der Waals surface area contributed by atoms with Gasteiger partial charge in [-0.1, -0.05) is 12.1 Å². The summed E-state index contributed by atoms with van der Waals surface area (Å²) in [6.45, 7) is 4.02. The number of amides is 2. The van der Waals surface area contributed by atoms with Gasteiger partial charge >= 0.3 is 0 Å². The average molecular weight is 526 g/mol. The second-order valence-electron chi connectivity index (χ2n) is 9.28. The summed E-state index contributed by atoms with van der Waals surface area (Å²) >= 11 is 0. The molecule has 39 heavy (non-hydrogen) atoms. The Kier molecular flexibility index (Phi) is 7.30. The van der Waals surface area contributed by atoms with Crippen molar-refractivity contribution in [1.82, 2.24) is 15.5 Å². The third-order valence-corrected chi connectivity index (χ3v) is 6.79. The predicted octanol–water partition coefficient (Wildman–Crippen LogP) is 4.63. The Hall–Kier alpha value is -4.68. The number of furan rings is 1. The van der Waals surface area contributed by atoms with Crippen molar-refractivity contribution < 1.29 is 18.4 Å². The molecular formula is C30H28FN5O3. The molecule has 1 aliphatic rings. The lowest BCUT2D eigenvalue weighted by Crippen LogP contribution is -2.52. The molecule has 1 unspecified atom stereocenters. The molecule has 1 aliphatic heterocycles. The van der Waals surface area contributed by atoms with Crippen molar-refractivity contribution in [2.24, 2.45) is 0 Å². The van der Waals surface area contributed by atoms with Gasteiger partial charge in [0, 0.05) is 67.1 Å². The molecule has 2 heterocycles. The molecule has 1 aromatic heterocycles. The first kappa shape index (κ1) is 25.9. The van der Waals surface area contributed by atoms with Gasteiger partial charge in [0.25, 0.3) is 11.8 Å². The maximum absolute atomic E-state index is 13.6. The second-order valence-corrected chi connectivity index (χ2v) is 9.28. The van der Waals surface area contributed by atoms with E-state index in [-0.39, 0.29) is 17.6 Å². The minimum absolute atomic E-state index is 0.141. The van der Waals surface area contributed by atoms with Gasteiger partial charge in [-0.05, 0) is 55.0 Å². The van der Waals surface area contributed by atoms with Gasteiger partial charge in [-0.25, -0.2) is 4.39 Å². The monoisotopic (exact) mass is 525 g/mol. The molecule has 3 N–H and O–H groups in total. The highest BCUT2D eigenvalue weighted by Crippen LogP contribution is 2.40. The fraction of sp³-hybridized carbons (Fsp3) is 0.233. The number of rotatable bonds is 6. The van der Waals surface area contributed by atoms with E-state index in [0.29, 0.717) is 59.6 Å². The van der Waals surface area contributed by atoms with Crippen molar-refractivity contribution in [3.05, 3.63) is 77.6 Å². The number of carbonyl (C=O) groups excluding carboxylic acids is 2. The van der Waals surface area contributed by atoms with Crippen LogP contribution in [0.1, 0.15) is 27.6 Å². The highest BCUT2D eigenvalue weighted by Gasteiger charge is 2.26. The van der Waals surface area contributed by atoms with Gasteiger partial charge in [0.2, 0.25) is 0 Å². The molecule has 0 bridgehead atoms. The van der Waals surface area contributed by atoms with Crippen LogP contribution in [0.3, 0.4) is 0 Å². The molecule has 1 atom stereocenters. The van der Waals surface area contributed by atoms with E-state index >= 15 is 0 Å². The van der Waals surface area contributed by atoms with Crippen LogP contribution >= 0.6 is 0 Å². The molecule has 0 saturated carbocycles. The van der Waals surface area contributed by atoms with E-state index in [1.165, 1.54) is 12.1 Å². The molecule has 0 radical (unpaired) electrons. The van der Waals surface area contributed by atoms with Crippen LogP contribution in [-0.4, -0.2) is 56.0 Å². The Morgan fingerprint density at radius 2 is 1.95 bits per heavy atom. The Balaban J connectivity index is 1.63. The van der Waals surface area contributed by atoms with E-state index in [9.17, 15) is 19.2 Å². The number of fused-ring (bicyclic) bond motifs is 1. The number of nitrogens with zero attached hydrogens (tertiary/aromatic N) is 2. The fourth-order valence-corrected chi connectivity index (χ4v) is 4.90. The van der Waals surface area contributed by atoms with Crippen molar-refractivity contribution in [3.8, 4) is 28.5 Å². The molecule has 198 valence electrons. The van der Waals surface area contributed by atoms with Crippen molar-refractivity contribution in [2.45, 2.75) is 13.0 Å². The minimum Gasteiger partial charge on any atom is -0.455 e. The maximum Gasteiger partial charge on any atom is 0.255 e. The summed E-state index contributed by atoms with van der Waals surface area (Å²) in [7, 11) is 1.55. The first-order valence-electron chi connectivity index (χ1n) is 12.8. The molecule has 0 aliphatic carbocycles. The summed E-state index contributed by atoms with van der Waals surface area (Å²) in [5.41, 5.74) is 4.31. The van der Waals surface area contributed by atoms with E-state index in [0.717, 1.165) is 16.8 Å². The smallest absolute Gasteiger partial charge is 0.255 e. The first-order valence-corrected chi connectivity index (χ1v) is 12.8. The Morgan fingerprint density at radius 1 is 1.15 bits per heavy atom. The number of benzene rings is 3. The zero-order chi connectivity index (χ0) is 27.5. The van der Waals surface area contributed by atoms with Crippen molar-refractivity contribution in [3.63, 3.8) is 0 Å². The van der Waals surface area contributed by atoms with Crippen LogP contribution in [0.4, 0.5) is 10.1 Å². The van der Waals surface area contributed by atoms with Crippen LogP contribution < -0.4 is 16.0 Å². The zero-order valence-electron chi connectivity index (χ0n) is 21.7. The molecule has 1 saturated heterocycles. The Morgan fingerprint density at radius 3 is 2.67 bits per heavy atom. The van der Waals surface area contributed by atoms with E-state index in [2.05, 4.69) is 22.0 Å². The summed E-state index contributed by atoms with van der Waals surface area (Å²) < 4.78 is 19.8. The van der Waals surface area contributed by atoms with Crippen molar-refractivity contribution >= 4 is 28.5 Å². The fourth-order valence-electron chi connectivity index (χ4n) is 4.90. The Labute approximate surface area is 225 Å². The van der Waals surface area contributed by atoms with Gasteiger partial charge in [-0.3, -0.25) is 14.9 Å². The lowest BCUT2D eigenvalue weighted by atomic mass is 9.97. The van der Waals surface area contributed by atoms with E-state index in [1.54, 1.807) is 30.1 Å². The quantitative estimate of drug-likeness (QED) is 0.339. The number of carbonyl (C=O) groups is 2. The number of halogens is 1. The lowest BCUT2D eigenvalue weighted by Gasteiger charge is -2.30. The van der Waals surface area contributed by atoms with Gasteiger partial charge < -0.3 is 20.0 Å². The molecule has 8 nitrogen and oxygen atoms in total. The SMILES string of the molecule is CCNc1cc2oc(-c3ccc(F)cc3)c(C(=O)NC)c2cc1-c1cccc(C(=O)N2CCNC(C#N)C2)c1. The van der Waals surface area contributed by atoms with Gasteiger partial charge in [0.05, 0.1) is 11.6 Å². The molecule has 9 heteroatoms. The second kappa shape index (κ2) is 11.0. The molecule has 3 aromatic carbocycles. The van der Waals surface area contributed by atoms with Crippen LogP contribution in [0.15, 0.2) is 65.1 Å². The maximum atomic E-state index is 13.6. The van der Waals surface area contributed by atoms with Crippen LogP contribution in [0.2, 0.25) is 0 Å². The number of hydrogen-bond acceptors (Lipinski definition) is 6. The molecule has 2 amide bonds. The zero-order valence-corrected chi connectivity index (χ0v) is 21.7. The van der Waals surface area contributed by atoms with Gasteiger partial charge in [0.15, 0.2) is 0 Å². The number of piperazine rings is 1. The van der Waals surface area contributed by atoms with Gasteiger partial charge in [0.1, 0.15) is 23.2 Å². The highest BCUT2D eigenvalue weighted by atomic mass is 19.1. The van der Waals surface area contributed by atoms with Gasteiger partial charge in [-0.2, -0.15) is 5.26 Å². The summed E-state index contributed by atoms with van der Waals surface area (Å²) in [6, 6.07) is 18.6. The topological polar surface area (TPSA) is 110 Å². The summed E-state index contributed by atoms with van der Waals surface area (Å²) in [5, 5.41) is 19.0. The number of anilines is 1.